The molecule has 2 aromatic carbocycles. The molecular formula is C31H50N6O6. The second kappa shape index (κ2) is 19.3. The van der Waals surface area contributed by atoms with E-state index in [0.717, 1.165) is 23.1 Å². The number of hydrogen-bond donors (Lipinski definition) is 6. The molecule has 3 rings (SSSR count). The van der Waals surface area contributed by atoms with E-state index >= 15 is 0 Å². The molecule has 12 heteroatoms. The number of hydrazine groups is 1. The van der Waals surface area contributed by atoms with Crippen molar-refractivity contribution in [1.29, 1.82) is 0 Å². The highest BCUT2D eigenvalue weighted by atomic mass is 16.5. The van der Waals surface area contributed by atoms with Crippen LogP contribution in [-0.4, -0.2) is 83.4 Å². The summed E-state index contributed by atoms with van der Waals surface area (Å²) in [6.07, 6.45) is 1.00. The van der Waals surface area contributed by atoms with Crippen molar-refractivity contribution in [3.05, 3.63) is 59.2 Å². The maximum Gasteiger partial charge on any atom is 0.138 e. The number of methoxy groups -OCH3 is 2. The molecule has 0 bridgehead atoms. The molecule has 1 fully saturated rings. The van der Waals surface area contributed by atoms with Gasteiger partial charge in [-0.3, -0.25) is 0 Å². The summed E-state index contributed by atoms with van der Waals surface area (Å²) in [4.78, 5) is 0. The van der Waals surface area contributed by atoms with E-state index in [1.54, 1.807) is 20.3 Å². The molecule has 8 N–H and O–H groups in total. The van der Waals surface area contributed by atoms with Crippen LogP contribution in [0.25, 0.3) is 0 Å². The molecule has 0 aromatic heterocycles. The zero-order valence-corrected chi connectivity index (χ0v) is 25.7. The van der Waals surface area contributed by atoms with E-state index in [-0.39, 0.29) is 23.9 Å². The normalized spacial score (nSPS) is 19.7. The van der Waals surface area contributed by atoms with Crippen molar-refractivity contribution >= 4 is 11.5 Å². The van der Waals surface area contributed by atoms with Gasteiger partial charge in [0.05, 0.1) is 50.9 Å². The van der Waals surface area contributed by atoms with E-state index < -0.39 is 0 Å². The Morgan fingerprint density at radius 1 is 1.00 bits per heavy atom. The number of hydrazone groups is 1. The van der Waals surface area contributed by atoms with Crippen molar-refractivity contribution in [1.82, 2.24) is 10.7 Å². The second-order valence-corrected chi connectivity index (χ2v) is 10.9. The van der Waals surface area contributed by atoms with Crippen molar-refractivity contribution in [3.8, 4) is 5.75 Å². The second-order valence-electron chi connectivity index (χ2n) is 10.9. The van der Waals surface area contributed by atoms with E-state index in [1.807, 2.05) is 12.1 Å². The fourth-order valence-corrected chi connectivity index (χ4v) is 5.10. The maximum absolute atomic E-state index is 10.3. The van der Waals surface area contributed by atoms with E-state index in [9.17, 15) is 5.11 Å². The minimum absolute atomic E-state index is 0.0224. The SMILES string of the molecule is COCCCNc1cc(CO[C@H]2CNC[C@@H](OCC/C(=N/N)NN)C2c2ccc(COCC(C)COC)cc2)ccc1O. The molecule has 0 amide bonds. The molecule has 43 heavy (non-hydrogen) atoms. The predicted octanol–water partition coefficient (Wildman–Crippen LogP) is 2.42. The number of aromatic hydroxyl groups is 1. The largest absolute Gasteiger partial charge is 0.506 e. The third-order valence-electron chi connectivity index (χ3n) is 7.34. The maximum atomic E-state index is 10.3. The summed E-state index contributed by atoms with van der Waals surface area (Å²) in [6, 6.07) is 14.0. The molecule has 4 atom stereocenters. The number of anilines is 1. The van der Waals surface area contributed by atoms with Crippen molar-refractivity contribution < 1.29 is 28.8 Å². The summed E-state index contributed by atoms with van der Waals surface area (Å²) in [5.41, 5.74) is 6.37. The first kappa shape index (κ1) is 34.5. The average molecular weight is 603 g/mol. The average Bonchev–Trinajstić information content (AvgIpc) is 3.02. The van der Waals surface area contributed by atoms with Crippen molar-refractivity contribution in [2.24, 2.45) is 22.7 Å². The number of phenols is 1. The lowest BCUT2D eigenvalue weighted by Crippen LogP contribution is -2.51. The van der Waals surface area contributed by atoms with Gasteiger partial charge in [0.1, 0.15) is 11.6 Å². The molecule has 1 heterocycles. The number of amidine groups is 1. The standard InChI is InChI=1S/C31H50N6O6/c1-22(18-40-3)19-41-20-23-5-8-25(9-6-23)31-28(42-14-11-30(36-32)37-33)16-34-17-29(31)43-21-24-7-10-27(38)26(15-24)35-12-4-13-39-2/h5-10,15,22,28-29,31,34-35,38H,4,11-14,16-21,32-33H2,1-3H3,(H,36,37)/t22?,28-,29+,31?/m1/s1. The van der Waals surface area contributed by atoms with Gasteiger partial charge < -0.3 is 50.7 Å². The quantitative estimate of drug-likeness (QED) is 0.0349. The van der Waals surface area contributed by atoms with Crippen LogP contribution in [-0.2, 0) is 36.9 Å². The van der Waals surface area contributed by atoms with Crippen LogP contribution in [0.1, 0.15) is 42.4 Å². The summed E-state index contributed by atoms with van der Waals surface area (Å²) < 4.78 is 29.1. The fraction of sp³-hybridized carbons (Fsp3) is 0.581. The van der Waals surface area contributed by atoms with Gasteiger partial charge in [0.2, 0.25) is 0 Å². The Morgan fingerprint density at radius 3 is 2.44 bits per heavy atom. The van der Waals surface area contributed by atoms with E-state index in [0.29, 0.717) is 83.1 Å². The van der Waals surface area contributed by atoms with Crippen LogP contribution in [0.15, 0.2) is 47.6 Å². The first-order valence-corrected chi connectivity index (χ1v) is 14.9. The van der Waals surface area contributed by atoms with Crippen molar-refractivity contribution in [2.75, 3.05) is 65.6 Å². The number of benzene rings is 2. The Balaban J connectivity index is 1.70. The Kier molecular flexibility index (Phi) is 15.5. The lowest BCUT2D eigenvalue weighted by molar-refractivity contribution is -0.0585. The molecule has 240 valence electrons. The number of ether oxygens (including phenoxy) is 5. The van der Waals surface area contributed by atoms with Gasteiger partial charge in [-0.2, -0.15) is 5.10 Å². The van der Waals surface area contributed by atoms with Gasteiger partial charge in [0.25, 0.3) is 0 Å². The highest BCUT2D eigenvalue weighted by Crippen LogP contribution is 2.32. The van der Waals surface area contributed by atoms with Crippen LogP contribution >= 0.6 is 0 Å². The molecular weight excluding hydrogens is 552 g/mol. The Labute approximate surface area is 255 Å². The number of nitrogens with one attached hydrogen (secondary N) is 3. The smallest absolute Gasteiger partial charge is 0.138 e. The number of phenolic OH excluding ortho intramolecular Hbond substituents is 1. The Bertz CT molecular complexity index is 1090. The Morgan fingerprint density at radius 2 is 1.74 bits per heavy atom. The molecule has 12 nitrogen and oxygen atoms in total. The predicted molar refractivity (Wildman–Crippen MR) is 168 cm³/mol. The number of hydrogen-bond acceptors (Lipinski definition) is 11. The van der Waals surface area contributed by atoms with Crippen molar-refractivity contribution in [3.63, 3.8) is 0 Å². The lowest BCUT2D eigenvalue weighted by Gasteiger charge is -2.39. The summed E-state index contributed by atoms with van der Waals surface area (Å²) in [6.45, 7) is 7.44. The molecule has 0 radical (unpaired) electrons. The number of rotatable bonds is 19. The molecule has 1 aliphatic heterocycles. The summed E-state index contributed by atoms with van der Waals surface area (Å²) in [5.74, 6) is 11.9. The van der Waals surface area contributed by atoms with Crippen LogP contribution in [0.3, 0.4) is 0 Å². The van der Waals surface area contributed by atoms with Crippen LogP contribution in [0.5, 0.6) is 5.75 Å². The molecule has 2 aromatic rings. The molecule has 1 saturated heterocycles. The van der Waals surface area contributed by atoms with E-state index in [1.165, 1.54) is 0 Å². The van der Waals surface area contributed by atoms with Gasteiger partial charge in [-0.25, -0.2) is 5.84 Å². The number of nitrogens with zero attached hydrogens (tertiary/aromatic N) is 1. The van der Waals surface area contributed by atoms with E-state index in [4.69, 9.17) is 35.4 Å². The van der Waals surface area contributed by atoms with Gasteiger partial charge in [0, 0.05) is 58.7 Å². The van der Waals surface area contributed by atoms with Crippen LogP contribution in [0.2, 0.25) is 0 Å². The van der Waals surface area contributed by atoms with Gasteiger partial charge in [-0.1, -0.05) is 37.3 Å². The van der Waals surface area contributed by atoms with Gasteiger partial charge >= 0.3 is 0 Å². The molecule has 0 saturated carbocycles. The first-order valence-electron chi connectivity index (χ1n) is 14.9. The van der Waals surface area contributed by atoms with Gasteiger partial charge in [-0.05, 0) is 35.2 Å². The number of piperidine rings is 1. The fourth-order valence-electron chi connectivity index (χ4n) is 5.10. The molecule has 2 unspecified atom stereocenters. The van der Waals surface area contributed by atoms with Gasteiger partial charge in [0.15, 0.2) is 0 Å². The minimum atomic E-state index is -0.155. The zero-order valence-electron chi connectivity index (χ0n) is 25.7. The monoisotopic (exact) mass is 602 g/mol. The summed E-state index contributed by atoms with van der Waals surface area (Å²) in [7, 11) is 3.38. The van der Waals surface area contributed by atoms with E-state index in [2.05, 4.69) is 52.3 Å². The molecule has 0 spiro atoms. The summed E-state index contributed by atoms with van der Waals surface area (Å²) >= 11 is 0. The lowest BCUT2D eigenvalue weighted by atomic mass is 9.85. The molecule has 0 aliphatic carbocycles. The first-order chi connectivity index (χ1) is 21.0. The minimum Gasteiger partial charge on any atom is -0.506 e. The highest BCUT2D eigenvalue weighted by molar-refractivity contribution is 5.81. The number of nitrogens with two attached hydrogens (primary N) is 2. The Hall–Kier alpha value is -2.97. The third kappa shape index (κ3) is 11.6. The third-order valence-corrected chi connectivity index (χ3v) is 7.34. The van der Waals surface area contributed by atoms with Crippen LogP contribution < -0.4 is 27.7 Å². The zero-order chi connectivity index (χ0) is 30.9. The molecule has 1 aliphatic rings. The van der Waals surface area contributed by atoms with Crippen LogP contribution in [0, 0.1) is 5.92 Å². The van der Waals surface area contributed by atoms with Crippen molar-refractivity contribution in [2.45, 2.75) is 51.1 Å². The topological polar surface area (TPSA) is 167 Å². The van der Waals surface area contributed by atoms with Gasteiger partial charge in [-0.15, -0.1) is 0 Å². The summed E-state index contributed by atoms with van der Waals surface area (Å²) in [5, 5.41) is 20.7. The van der Waals surface area contributed by atoms with Crippen LogP contribution in [0.4, 0.5) is 5.69 Å². The highest BCUT2D eigenvalue weighted by Gasteiger charge is 2.36.